The first-order valence-electron chi connectivity index (χ1n) is 9.70. The number of fused-ring (bicyclic) bond motifs is 2. The number of nitrogens with one attached hydrogen (secondary N) is 1. The Kier molecular flexibility index (Phi) is 3.93. The number of para-hydroxylation sites is 1. The molecule has 1 aliphatic carbocycles. The van der Waals surface area contributed by atoms with E-state index < -0.39 is 0 Å². The van der Waals surface area contributed by atoms with Gasteiger partial charge >= 0.3 is 0 Å². The Balaban J connectivity index is 1.45. The summed E-state index contributed by atoms with van der Waals surface area (Å²) in [6.45, 7) is 5.25. The standard InChI is InChI=1S/C22H22N4O2/c1-2-21(28)26-11-13-7-8-15(17(13)12-26)18-9-14-10-19(24-25-22(14)23-18)16-5-3-4-6-20(16)27/h2-6,9-10,13,15,17,27H,1,7-8,11-12H2,(H,23,25)/t13-,15?,17+/m0/s1. The van der Waals surface area contributed by atoms with Gasteiger partial charge < -0.3 is 15.0 Å². The molecule has 0 spiro atoms. The molecule has 5 rings (SSSR count). The Hall–Kier alpha value is -3.15. The van der Waals surface area contributed by atoms with Crippen LogP contribution in [0.3, 0.4) is 0 Å². The first kappa shape index (κ1) is 17.0. The van der Waals surface area contributed by atoms with Gasteiger partial charge in [-0.2, -0.15) is 0 Å². The lowest BCUT2D eigenvalue weighted by molar-refractivity contribution is -0.125. The maximum Gasteiger partial charge on any atom is 0.245 e. The average molecular weight is 374 g/mol. The highest BCUT2D eigenvalue weighted by Crippen LogP contribution is 2.47. The number of phenolic OH excluding ortho intramolecular Hbond substituents is 1. The zero-order valence-electron chi connectivity index (χ0n) is 15.5. The van der Waals surface area contributed by atoms with Crippen molar-refractivity contribution in [1.82, 2.24) is 20.1 Å². The fraction of sp³-hybridized carbons (Fsp3) is 0.318. The summed E-state index contributed by atoms with van der Waals surface area (Å²) in [5, 5.41) is 19.7. The molecule has 1 aliphatic heterocycles. The van der Waals surface area contributed by atoms with E-state index in [0.29, 0.717) is 29.0 Å². The molecule has 2 aliphatic rings. The predicted molar refractivity (Wildman–Crippen MR) is 107 cm³/mol. The van der Waals surface area contributed by atoms with Crippen LogP contribution < -0.4 is 0 Å². The van der Waals surface area contributed by atoms with Crippen molar-refractivity contribution in [2.24, 2.45) is 11.8 Å². The number of carbonyl (C=O) groups is 1. The number of carbonyl (C=O) groups excluding carboxylic acids is 1. The normalized spacial score (nSPS) is 23.9. The molecule has 142 valence electrons. The first-order valence-corrected chi connectivity index (χ1v) is 9.70. The van der Waals surface area contributed by atoms with E-state index in [-0.39, 0.29) is 11.7 Å². The maximum absolute atomic E-state index is 12.0. The molecule has 1 unspecified atom stereocenters. The summed E-state index contributed by atoms with van der Waals surface area (Å²) in [6, 6.07) is 11.3. The summed E-state index contributed by atoms with van der Waals surface area (Å²) in [5.74, 6) is 1.66. The van der Waals surface area contributed by atoms with Crippen molar-refractivity contribution in [3.8, 4) is 17.0 Å². The summed E-state index contributed by atoms with van der Waals surface area (Å²) in [6.07, 6.45) is 3.67. The van der Waals surface area contributed by atoms with Gasteiger partial charge in [-0.1, -0.05) is 18.7 Å². The number of hydrogen-bond donors (Lipinski definition) is 2. The Morgan fingerprint density at radius 2 is 2.07 bits per heavy atom. The second-order valence-corrected chi connectivity index (χ2v) is 7.83. The van der Waals surface area contributed by atoms with Gasteiger partial charge in [-0.15, -0.1) is 10.2 Å². The van der Waals surface area contributed by atoms with Gasteiger partial charge in [0.1, 0.15) is 5.75 Å². The number of aromatic nitrogens is 3. The van der Waals surface area contributed by atoms with Crippen molar-refractivity contribution in [1.29, 1.82) is 0 Å². The number of aromatic hydroxyl groups is 1. The van der Waals surface area contributed by atoms with Crippen molar-refractivity contribution >= 4 is 16.9 Å². The lowest BCUT2D eigenvalue weighted by Gasteiger charge is -2.19. The van der Waals surface area contributed by atoms with Gasteiger partial charge in [0, 0.05) is 35.7 Å². The molecule has 0 bridgehead atoms. The number of aromatic amines is 1. The summed E-state index contributed by atoms with van der Waals surface area (Å²) in [4.78, 5) is 17.4. The molecule has 1 amide bonds. The fourth-order valence-electron chi connectivity index (χ4n) is 4.94. The summed E-state index contributed by atoms with van der Waals surface area (Å²) >= 11 is 0. The fourth-order valence-corrected chi connectivity index (χ4v) is 4.94. The van der Waals surface area contributed by atoms with Crippen LogP contribution in [0.5, 0.6) is 5.75 Å². The highest BCUT2D eigenvalue weighted by Gasteiger charge is 2.44. The quantitative estimate of drug-likeness (QED) is 0.688. The van der Waals surface area contributed by atoms with E-state index in [1.807, 2.05) is 23.1 Å². The second kappa shape index (κ2) is 6.48. The molecule has 2 aromatic heterocycles. The Morgan fingerprint density at radius 1 is 1.21 bits per heavy atom. The highest BCUT2D eigenvalue weighted by molar-refractivity contribution is 5.87. The number of H-pyrrole nitrogens is 1. The minimum atomic E-state index is 0.0305. The van der Waals surface area contributed by atoms with Gasteiger partial charge in [-0.25, -0.2) is 0 Å². The summed E-state index contributed by atoms with van der Waals surface area (Å²) in [5.41, 5.74) is 3.26. The topological polar surface area (TPSA) is 82.1 Å². The van der Waals surface area contributed by atoms with E-state index in [1.54, 1.807) is 12.1 Å². The molecular weight excluding hydrogens is 352 g/mol. The molecular formula is C22H22N4O2. The van der Waals surface area contributed by atoms with Crippen LogP contribution in [-0.2, 0) is 4.79 Å². The molecule has 1 aromatic carbocycles. The lowest BCUT2D eigenvalue weighted by atomic mass is 9.90. The summed E-state index contributed by atoms with van der Waals surface area (Å²) < 4.78 is 0. The summed E-state index contributed by atoms with van der Waals surface area (Å²) in [7, 11) is 0. The van der Waals surface area contributed by atoms with E-state index in [0.717, 1.165) is 37.0 Å². The SMILES string of the molecule is C=CC(=O)N1C[C@@H]2CCC(c3cc4cc(-c5ccccc5O)nnc4[nH]3)[C@@H]2C1. The van der Waals surface area contributed by atoms with Gasteiger partial charge in [0.2, 0.25) is 5.91 Å². The number of likely N-dealkylation sites (tertiary alicyclic amines) is 1. The minimum Gasteiger partial charge on any atom is -0.507 e. The van der Waals surface area contributed by atoms with Crippen LogP contribution in [0, 0.1) is 11.8 Å². The molecule has 3 aromatic rings. The zero-order valence-corrected chi connectivity index (χ0v) is 15.5. The molecule has 1 saturated carbocycles. The third-order valence-corrected chi connectivity index (χ3v) is 6.32. The highest BCUT2D eigenvalue weighted by atomic mass is 16.3. The maximum atomic E-state index is 12.0. The molecule has 1 saturated heterocycles. The number of rotatable bonds is 3. The number of amides is 1. The van der Waals surface area contributed by atoms with E-state index in [9.17, 15) is 9.90 Å². The molecule has 2 fully saturated rings. The average Bonchev–Trinajstić information content (AvgIpc) is 3.40. The van der Waals surface area contributed by atoms with Gasteiger partial charge in [-0.05, 0) is 55.0 Å². The lowest BCUT2D eigenvalue weighted by Crippen LogP contribution is -2.28. The van der Waals surface area contributed by atoms with E-state index in [2.05, 4.69) is 27.8 Å². The first-order chi connectivity index (χ1) is 13.6. The second-order valence-electron chi connectivity index (χ2n) is 7.83. The molecule has 6 nitrogen and oxygen atoms in total. The van der Waals surface area contributed by atoms with Crippen LogP contribution in [0.1, 0.15) is 24.5 Å². The monoisotopic (exact) mass is 374 g/mol. The molecule has 3 atom stereocenters. The molecule has 2 N–H and O–H groups in total. The van der Waals surface area contributed by atoms with Crippen LogP contribution >= 0.6 is 0 Å². The third-order valence-electron chi connectivity index (χ3n) is 6.32. The predicted octanol–water partition coefficient (Wildman–Crippen LogP) is 3.47. The van der Waals surface area contributed by atoms with Crippen LogP contribution in [-0.4, -0.2) is 44.2 Å². The molecule has 3 heterocycles. The van der Waals surface area contributed by atoms with Crippen molar-refractivity contribution in [3.05, 3.63) is 54.7 Å². The van der Waals surface area contributed by atoms with Crippen LogP contribution in [0.15, 0.2) is 49.1 Å². The van der Waals surface area contributed by atoms with Crippen LogP contribution in [0.4, 0.5) is 0 Å². The Labute approximate surface area is 162 Å². The molecule has 28 heavy (non-hydrogen) atoms. The number of phenols is 1. The van der Waals surface area contributed by atoms with Gasteiger partial charge in [0.15, 0.2) is 5.65 Å². The van der Waals surface area contributed by atoms with Crippen LogP contribution in [0.25, 0.3) is 22.3 Å². The van der Waals surface area contributed by atoms with Gasteiger partial charge in [0.25, 0.3) is 0 Å². The zero-order chi connectivity index (χ0) is 19.3. The number of hydrogen-bond acceptors (Lipinski definition) is 4. The van der Waals surface area contributed by atoms with E-state index >= 15 is 0 Å². The number of benzene rings is 1. The van der Waals surface area contributed by atoms with Crippen molar-refractivity contribution in [2.45, 2.75) is 18.8 Å². The Bertz CT molecular complexity index is 1070. The Morgan fingerprint density at radius 3 is 2.89 bits per heavy atom. The van der Waals surface area contributed by atoms with E-state index in [1.165, 1.54) is 11.8 Å². The third kappa shape index (κ3) is 2.68. The van der Waals surface area contributed by atoms with Crippen molar-refractivity contribution < 1.29 is 9.90 Å². The largest absolute Gasteiger partial charge is 0.507 e. The van der Waals surface area contributed by atoms with Crippen molar-refractivity contribution in [3.63, 3.8) is 0 Å². The molecule has 0 radical (unpaired) electrons. The van der Waals surface area contributed by atoms with E-state index in [4.69, 9.17) is 0 Å². The van der Waals surface area contributed by atoms with Gasteiger partial charge in [-0.3, -0.25) is 4.79 Å². The van der Waals surface area contributed by atoms with Crippen molar-refractivity contribution in [2.75, 3.05) is 13.1 Å². The van der Waals surface area contributed by atoms with Crippen LogP contribution in [0.2, 0.25) is 0 Å². The minimum absolute atomic E-state index is 0.0305. The number of nitrogens with zero attached hydrogens (tertiary/aromatic N) is 3. The van der Waals surface area contributed by atoms with Gasteiger partial charge in [0.05, 0.1) is 5.69 Å². The molecule has 6 heteroatoms. The smallest absolute Gasteiger partial charge is 0.245 e.